The summed E-state index contributed by atoms with van der Waals surface area (Å²) in [5.74, 6) is 0.706. The van der Waals surface area contributed by atoms with Crippen molar-refractivity contribution in [3.63, 3.8) is 0 Å². The van der Waals surface area contributed by atoms with Gasteiger partial charge in [-0.15, -0.1) is 0 Å². The lowest BCUT2D eigenvalue weighted by Gasteiger charge is -2.16. The zero-order valence-electron chi connectivity index (χ0n) is 30.9. The van der Waals surface area contributed by atoms with Gasteiger partial charge in [0.15, 0.2) is 5.82 Å². The molecule has 0 radical (unpaired) electrons. The predicted molar refractivity (Wildman–Crippen MR) is 240 cm³/mol. The van der Waals surface area contributed by atoms with Crippen molar-refractivity contribution in [2.24, 2.45) is 0 Å². The summed E-state index contributed by atoms with van der Waals surface area (Å²) in [5, 5.41) is 14.4. The van der Waals surface area contributed by atoms with E-state index in [0.29, 0.717) is 5.82 Å². The van der Waals surface area contributed by atoms with Gasteiger partial charge in [-0.2, -0.15) is 0 Å². The lowest BCUT2D eigenvalue weighted by atomic mass is 9.90. The van der Waals surface area contributed by atoms with E-state index >= 15 is 0 Å². The number of fused-ring (bicyclic) bond motifs is 12. The molecule has 57 heavy (non-hydrogen) atoms. The first kappa shape index (κ1) is 31.7. The van der Waals surface area contributed by atoms with Crippen molar-refractivity contribution in [2.75, 3.05) is 0 Å². The molecular weight excluding hydrogens is 691 g/mol. The van der Waals surface area contributed by atoms with Gasteiger partial charge in [0, 0.05) is 43.9 Å². The van der Waals surface area contributed by atoms with Gasteiger partial charge in [-0.25, -0.2) is 9.97 Å². The number of nitrogens with zero attached hydrogens (tertiary/aromatic N) is 3. The molecule has 12 aromatic rings. The molecule has 12 rings (SSSR count). The summed E-state index contributed by atoms with van der Waals surface area (Å²) < 4.78 is 2.45. The van der Waals surface area contributed by atoms with E-state index in [1.54, 1.807) is 0 Å². The monoisotopic (exact) mass is 723 g/mol. The molecule has 0 N–H and O–H groups in total. The van der Waals surface area contributed by atoms with E-state index in [4.69, 9.17) is 9.97 Å². The number of aromatic nitrogens is 3. The first-order chi connectivity index (χ1) is 28.3. The highest BCUT2D eigenvalue weighted by Crippen LogP contribution is 2.47. The molecule has 0 bridgehead atoms. The van der Waals surface area contributed by atoms with Crippen LogP contribution in [-0.2, 0) is 0 Å². The fraction of sp³-hybridized carbons (Fsp3) is 0. The van der Waals surface area contributed by atoms with E-state index in [1.807, 2.05) is 0 Å². The SMILES string of the molecule is c1ccc(-n2c3ccccc3c3c4c5ccccc5c(-c5nc(-c6ccc7ccccc7c6)cc(-c6ccc7ccccc7c6)n5)cc4c4ccccc4c32)cc1. The molecule has 3 nitrogen and oxygen atoms in total. The van der Waals surface area contributed by atoms with Crippen LogP contribution in [0.2, 0.25) is 0 Å². The van der Waals surface area contributed by atoms with E-state index in [0.717, 1.165) is 39.2 Å². The molecule has 2 aromatic heterocycles. The van der Waals surface area contributed by atoms with Gasteiger partial charge in [0.05, 0.1) is 22.4 Å². The highest BCUT2D eigenvalue weighted by molar-refractivity contribution is 6.37. The van der Waals surface area contributed by atoms with Crippen molar-refractivity contribution in [3.05, 3.63) is 200 Å². The van der Waals surface area contributed by atoms with Crippen LogP contribution in [0.4, 0.5) is 0 Å². The largest absolute Gasteiger partial charge is 0.309 e. The van der Waals surface area contributed by atoms with Crippen LogP contribution in [0.3, 0.4) is 0 Å². The predicted octanol–water partition coefficient (Wildman–Crippen LogP) is 14.3. The van der Waals surface area contributed by atoms with Crippen molar-refractivity contribution in [1.29, 1.82) is 0 Å². The minimum absolute atomic E-state index is 0.706. The quantitative estimate of drug-likeness (QED) is 0.169. The average Bonchev–Trinajstić information content (AvgIpc) is 3.64. The Morgan fingerprint density at radius 1 is 0.333 bits per heavy atom. The third-order valence-corrected chi connectivity index (χ3v) is 11.7. The van der Waals surface area contributed by atoms with Crippen LogP contribution < -0.4 is 0 Å². The molecule has 0 aliphatic carbocycles. The Labute approximate surface area is 328 Å². The van der Waals surface area contributed by atoms with Crippen LogP contribution in [-0.4, -0.2) is 14.5 Å². The zero-order chi connectivity index (χ0) is 37.5. The Hall–Kier alpha value is -7.62. The Balaban J connectivity index is 1.20. The van der Waals surface area contributed by atoms with Crippen LogP contribution >= 0.6 is 0 Å². The van der Waals surface area contributed by atoms with Gasteiger partial charge in [0.25, 0.3) is 0 Å². The summed E-state index contributed by atoms with van der Waals surface area (Å²) in [5.41, 5.74) is 8.48. The molecule has 0 fully saturated rings. The Morgan fingerprint density at radius 2 is 0.860 bits per heavy atom. The molecule has 10 aromatic carbocycles. The second kappa shape index (κ2) is 12.5. The number of benzene rings is 10. The van der Waals surface area contributed by atoms with Gasteiger partial charge in [-0.05, 0) is 85.6 Å². The zero-order valence-corrected chi connectivity index (χ0v) is 30.9. The Bertz CT molecular complexity index is 3480. The smallest absolute Gasteiger partial charge is 0.161 e. The van der Waals surface area contributed by atoms with E-state index in [-0.39, 0.29) is 0 Å². The third kappa shape index (κ3) is 4.92. The number of para-hydroxylation sites is 2. The summed E-state index contributed by atoms with van der Waals surface area (Å²) >= 11 is 0. The minimum Gasteiger partial charge on any atom is -0.309 e. The molecule has 0 saturated carbocycles. The van der Waals surface area contributed by atoms with Gasteiger partial charge < -0.3 is 4.57 Å². The normalized spacial score (nSPS) is 11.9. The van der Waals surface area contributed by atoms with Crippen molar-refractivity contribution in [3.8, 4) is 39.6 Å². The van der Waals surface area contributed by atoms with Gasteiger partial charge >= 0.3 is 0 Å². The maximum atomic E-state index is 5.45. The van der Waals surface area contributed by atoms with Crippen LogP contribution in [0, 0.1) is 0 Å². The summed E-state index contributed by atoms with van der Waals surface area (Å²) in [7, 11) is 0. The highest BCUT2D eigenvalue weighted by Gasteiger charge is 2.23. The van der Waals surface area contributed by atoms with Crippen LogP contribution in [0.5, 0.6) is 0 Å². The molecular formula is C54H33N3. The Kier molecular flexibility index (Phi) is 6.93. The molecule has 0 amide bonds. The van der Waals surface area contributed by atoms with E-state index in [9.17, 15) is 0 Å². The maximum absolute atomic E-state index is 5.45. The molecule has 0 spiro atoms. The average molecular weight is 724 g/mol. The number of hydrogen-bond donors (Lipinski definition) is 0. The van der Waals surface area contributed by atoms with E-state index in [2.05, 4.69) is 205 Å². The summed E-state index contributed by atoms with van der Waals surface area (Å²) in [6.45, 7) is 0. The first-order valence-corrected chi connectivity index (χ1v) is 19.5. The van der Waals surface area contributed by atoms with E-state index in [1.165, 1.54) is 70.3 Å². The van der Waals surface area contributed by atoms with Gasteiger partial charge in [0.2, 0.25) is 0 Å². The molecule has 0 aliphatic heterocycles. The molecule has 0 atom stereocenters. The molecule has 0 saturated heterocycles. The molecule has 0 aliphatic rings. The minimum atomic E-state index is 0.706. The second-order valence-corrected chi connectivity index (χ2v) is 14.9. The lowest BCUT2D eigenvalue weighted by Crippen LogP contribution is -1.98. The van der Waals surface area contributed by atoms with Crippen LogP contribution in [0.15, 0.2) is 200 Å². The van der Waals surface area contributed by atoms with Crippen molar-refractivity contribution in [1.82, 2.24) is 14.5 Å². The topological polar surface area (TPSA) is 30.7 Å². The van der Waals surface area contributed by atoms with Crippen molar-refractivity contribution >= 4 is 75.7 Å². The summed E-state index contributed by atoms with van der Waals surface area (Å²) in [4.78, 5) is 10.9. The van der Waals surface area contributed by atoms with Gasteiger partial charge in [0.1, 0.15) is 0 Å². The van der Waals surface area contributed by atoms with Gasteiger partial charge in [-0.3, -0.25) is 0 Å². The summed E-state index contributed by atoms with van der Waals surface area (Å²) in [6.07, 6.45) is 0. The molecule has 3 heteroatoms. The van der Waals surface area contributed by atoms with Gasteiger partial charge in [-0.1, -0.05) is 158 Å². The number of hydrogen-bond acceptors (Lipinski definition) is 2. The van der Waals surface area contributed by atoms with Crippen LogP contribution in [0.25, 0.3) is 115 Å². The molecule has 0 unspecified atom stereocenters. The third-order valence-electron chi connectivity index (χ3n) is 11.7. The second-order valence-electron chi connectivity index (χ2n) is 14.9. The number of rotatable bonds is 4. The maximum Gasteiger partial charge on any atom is 0.161 e. The fourth-order valence-electron chi connectivity index (χ4n) is 9.12. The fourth-order valence-corrected chi connectivity index (χ4v) is 9.12. The standard InChI is InChI=1S/C54H33N3/c1-2-18-40(19-3-1)57-50-25-13-12-24-45(50)52-51-43-22-10-8-20-41(43)47(32-46(51)42-21-9-11-23-44(42)53(52)57)54-55-48(38-28-26-34-14-4-6-16-36(34)30-38)33-49(56-54)39-29-27-35-15-5-7-17-37(35)31-39/h1-33H. The first-order valence-electron chi connectivity index (χ1n) is 19.5. The highest BCUT2D eigenvalue weighted by atomic mass is 15.0. The van der Waals surface area contributed by atoms with Crippen molar-refractivity contribution < 1.29 is 0 Å². The van der Waals surface area contributed by atoms with Crippen LogP contribution in [0.1, 0.15) is 0 Å². The molecule has 264 valence electrons. The van der Waals surface area contributed by atoms with E-state index < -0.39 is 0 Å². The van der Waals surface area contributed by atoms with Crippen molar-refractivity contribution in [2.45, 2.75) is 0 Å². The summed E-state index contributed by atoms with van der Waals surface area (Å²) in [6, 6.07) is 72.1. The Morgan fingerprint density at radius 3 is 1.53 bits per heavy atom. The lowest BCUT2D eigenvalue weighted by molar-refractivity contribution is 1.19. The molecule has 2 heterocycles.